The van der Waals surface area contributed by atoms with Gasteiger partial charge in [0.1, 0.15) is 0 Å². The first-order valence-electron chi connectivity index (χ1n) is 5.04. The Hall–Kier alpha value is -1.76. The molecule has 2 rings (SSSR count). The molecule has 0 saturated carbocycles. The van der Waals surface area contributed by atoms with Crippen molar-refractivity contribution in [3.8, 4) is 0 Å². The third kappa shape index (κ3) is 1.73. The van der Waals surface area contributed by atoms with Crippen molar-refractivity contribution in [2.45, 2.75) is 6.92 Å². The Labute approximate surface area is 90.6 Å². The molecule has 1 aliphatic rings. The topological polar surface area (TPSA) is 26.0 Å². The number of fused-ring (bicyclic) bond motifs is 1. The largest absolute Gasteiger partial charge is 0.402 e. The van der Waals surface area contributed by atoms with Crippen molar-refractivity contribution in [1.82, 2.24) is 0 Å². The average molecular weight is 197 g/mol. The summed E-state index contributed by atoms with van der Waals surface area (Å²) in [5.74, 6) is 0. The van der Waals surface area contributed by atoms with Gasteiger partial charge in [-0.2, -0.15) is 0 Å². The minimum atomic E-state index is -0.237. The van der Waals surface area contributed by atoms with Crippen LogP contribution in [0, 0.1) is 5.41 Å². The Bertz CT molecular complexity index is 419. The van der Waals surface area contributed by atoms with E-state index in [1.165, 1.54) is 11.1 Å². The third-order valence-electron chi connectivity index (χ3n) is 2.91. The minimum absolute atomic E-state index is 0.237. The number of hydrogen-bond donors (Lipinski definition) is 1. The van der Waals surface area contributed by atoms with Crippen LogP contribution in [0.25, 0.3) is 12.2 Å². The Kier molecular flexibility index (Phi) is 2.24. The first-order chi connectivity index (χ1) is 7.12. The summed E-state index contributed by atoms with van der Waals surface area (Å²) < 4.78 is 0. The molecule has 1 aliphatic carbocycles. The molecule has 0 atom stereocenters. The second-order valence-corrected chi connectivity index (χ2v) is 4.10. The van der Waals surface area contributed by atoms with Gasteiger partial charge in [-0.05, 0) is 18.1 Å². The van der Waals surface area contributed by atoms with Crippen molar-refractivity contribution in [2.75, 3.05) is 0 Å². The molecule has 1 nitrogen and oxygen atoms in total. The highest BCUT2D eigenvalue weighted by molar-refractivity contribution is 5.69. The lowest BCUT2D eigenvalue weighted by Crippen LogP contribution is -2.18. The quantitative estimate of drug-likeness (QED) is 0.735. The van der Waals surface area contributed by atoms with Crippen LogP contribution in [0.15, 0.2) is 48.7 Å². The van der Waals surface area contributed by atoms with Gasteiger partial charge in [0.05, 0.1) is 0 Å². The molecule has 15 heavy (non-hydrogen) atoms. The van der Waals surface area contributed by atoms with Crippen LogP contribution in [0.3, 0.4) is 0 Å². The molecule has 0 radical (unpaired) electrons. The molecule has 2 N–H and O–H groups in total. The Morgan fingerprint density at radius 1 is 1.13 bits per heavy atom. The number of hydrogen-bond acceptors (Lipinski definition) is 1. The second-order valence-electron chi connectivity index (χ2n) is 4.10. The Morgan fingerprint density at radius 2 is 1.60 bits per heavy atom. The first-order valence-corrected chi connectivity index (χ1v) is 5.04. The van der Waals surface area contributed by atoms with Crippen LogP contribution in [0.4, 0.5) is 0 Å². The fraction of sp³-hybridized carbons (Fsp3) is 0.143. The molecule has 76 valence electrons. The maximum atomic E-state index is 5.81. The van der Waals surface area contributed by atoms with Crippen LogP contribution < -0.4 is 5.73 Å². The molecule has 0 aromatic heterocycles. The van der Waals surface area contributed by atoms with Crippen molar-refractivity contribution in [3.63, 3.8) is 0 Å². The highest BCUT2D eigenvalue weighted by Gasteiger charge is 2.20. The number of benzene rings is 1. The molecule has 0 spiro atoms. The Morgan fingerprint density at radius 3 is 2.00 bits per heavy atom. The van der Waals surface area contributed by atoms with Crippen molar-refractivity contribution in [1.29, 1.82) is 0 Å². The molecular formula is C14H15N. The third-order valence-corrected chi connectivity index (χ3v) is 2.91. The summed E-state index contributed by atoms with van der Waals surface area (Å²) >= 11 is 0. The van der Waals surface area contributed by atoms with Crippen molar-refractivity contribution in [2.24, 2.45) is 11.1 Å². The van der Waals surface area contributed by atoms with E-state index in [9.17, 15) is 0 Å². The zero-order valence-corrected chi connectivity index (χ0v) is 8.90. The summed E-state index contributed by atoms with van der Waals surface area (Å²) in [5.41, 5.74) is 8.68. The number of allylic oxidation sites excluding steroid dienone is 1. The fourth-order valence-corrected chi connectivity index (χ4v) is 1.61. The average Bonchev–Trinajstić information content (AvgIpc) is 2.40. The fourth-order valence-electron chi connectivity index (χ4n) is 1.61. The molecular weight excluding hydrogens is 182 g/mol. The predicted molar refractivity (Wildman–Crippen MR) is 65.9 cm³/mol. The van der Waals surface area contributed by atoms with E-state index >= 15 is 0 Å². The zero-order valence-electron chi connectivity index (χ0n) is 8.90. The van der Waals surface area contributed by atoms with Crippen molar-refractivity contribution >= 4 is 12.2 Å². The molecule has 0 heterocycles. The predicted octanol–water partition coefficient (Wildman–Crippen LogP) is 3.21. The van der Waals surface area contributed by atoms with E-state index in [-0.39, 0.29) is 5.41 Å². The summed E-state index contributed by atoms with van der Waals surface area (Å²) in [6.45, 7) is 5.89. The molecule has 0 amide bonds. The molecule has 1 heteroatoms. The molecule has 0 fully saturated rings. The van der Waals surface area contributed by atoms with E-state index in [1.54, 1.807) is 0 Å². The number of rotatable bonds is 1. The van der Waals surface area contributed by atoms with E-state index in [0.29, 0.717) is 5.70 Å². The first kappa shape index (κ1) is 9.78. The van der Waals surface area contributed by atoms with E-state index < -0.39 is 0 Å². The van der Waals surface area contributed by atoms with Gasteiger partial charge in [0.25, 0.3) is 0 Å². The van der Waals surface area contributed by atoms with Gasteiger partial charge >= 0.3 is 0 Å². The summed E-state index contributed by atoms with van der Waals surface area (Å²) in [7, 11) is 0. The van der Waals surface area contributed by atoms with Crippen molar-refractivity contribution < 1.29 is 0 Å². The van der Waals surface area contributed by atoms with Crippen LogP contribution in [0.5, 0.6) is 0 Å². The summed E-state index contributed by atoms with van der Waals surface area (Å²) in [5, 5.41) is 0. The van der Waals surface area contributed by atoms with Crippen LogP contribution >= 0.6 is 0 Å². The molecule has 0 bridgehead atoms. The molecule has 1 aromatic rings. The lowest BCUT2D eigenvalue weighted by atomic mass is 9.87. The molecule has 0 saturated heterocycles. The minimum Gasteiger partial charge on any atom is -0.402 e. The maximum absolute atomic E-state index is 5.81. The van der Waals surface area contributed by atoms with Gasteiger partial charge in [-0.1, -0.05) is 55.1 Å². The van der Waals surface area contributed by atoms with Gasteiger partial charge in [-0.25, -0.2) is 0 Å². The lowest BCUT2D eigenvalue weighted by molar-refractivity contribution is 0.663. The van der Waals surface area contributed by atoms with Gasteiger partial charge < -0.3 is 5.73 Å². The summed E-state index contributed by atoms with van der Waals surface area (Å²) in [6.07, 6.45) is 8.40. The smallest absolute Gasteiger partial charge is 0.0430 e. The van der Waals surface area contributed by atoms with Crippen LogP contribution in [-0.2, 0) is 0 Å². The summed E-state index contributed by atoms with van der Waals surface area (Å²) in [4.78, 5) is 0. The maximum Gasteiger partial charge on any atom is 0.0430 e. The van der Waals surface area contributed by atoms with Crippen LogP contribution in [-0.4, -0.2) is 0 Å². The van der Waals surface area contributed by atoms with Gasteiger partial charge in [-0.3, -0.25) is 0 Å². The molecule has 0 aliphatic heterocycles. The monoisotopic (exact) mass is 197 g/mol. The van der Waals surface area contributed by atoms with Gasteiger partial charge in [0, 0.05) is 11.1 Å². The lowest BCUT2D eigenvalue weighted by Gasteiger charge is -2.20. The standard InChI is InChI=1S/C14H15N/c1-11(15)14(2)9-7-12-5-3-4-6-13(12)8-10-14/h3-10H,1,15H2,2H3. The van der Waals surface area contributed by atoms with E-state index in [4.69, 9.17) is 5.73 Å². The van der Waals surface area contributed by atoms with Gasteiger partial charge in [0.15, 0.2) is 0 Å². The molecule has 0 unspecified atom stereocenters. The number of nitrogens with two attached hydrogens (primary N) is 1. The van der Waals surface area contributed by atoms with E-state index in [1.807, 2.05) is 12.1 Å². The second kappa shape index (κ2) is 3.43. The zero-order chi connectivity index (χ0) is 10.9. The van der Waals surface area contributed by atoms with Crippen molar-refractivity contribution in [3.05, 3.63) is 59.8 Å². The van der Waals surface area contributed by atoms with Crippen LogP contribution in [0.1, 0.15) is 18.1 Å². The molecule has 1 aromatic carbocycles. The van der Waals surface area contributed by atoms with Crippen LogP contribution in [0.2, 0.25) is 0 Å². The van der Waals surface area contributed by atoms with Gasteiger partial charge in [-0.15, -0.1) is 0 Å². The highest BCUT2D eigenvalue weighted by atomic mass is 14.6. The SMILES string of the molecule is C=C(N)C1(C)C=Cc2ccccc2C=C1. The van der Waals surface area contributed by atoms with E-state index in [0.717, 1.165) is 0 Å². The highest BCUT2D eigenvalue weighted by Crippen LogP contribution is 2.31. The Balaban J connectivity index is 2.51. The van der Waals surface area contributed by atoms with E-state index in [2.05, 4.69) is 49.9 Å². The normalized spacial score (nSPS) is 16.9. The van der Waals surface area contributed by atoms with Gasteiger partial charge in [0.2, 0.25) is 0 Å². The summed E-state index contributed by atoms with van der Waals surface area (Å²) in [6, 6.07) is 8.27.